The van der Waals surface area contributed by atoms with Crippen molar-refractivity contribution < 1.29 is 19.7 Å². The SMILES string of the molecule is CC(=O)OC1C[C@]2(C)[C@@H](C(C)O)CC[C@H]2[C@@H]2CC=C3CC(O)CC[C@]3(C)[C@@H]12. The number of fused-ring (bicyclic) bond motifs is 5. The molecule has 0 amide bonds. The van der Waals surface area contributed by atoms with Crippen LogP contribution >= 0.6 is 0 Å². The number of aliphatic hydroxyl groups excluding tert-OH is 2. The summed E-state index contributed by atoms with van der Waals surface area (Å²) in [5, 5.41) is 20.6. The van der Waals surface area contributed by atoms with Crippen LogP contribution in [0.4, 0.5) is 0 Å². The van der Waals surface area contributed by atoms with E-state index in [4.69, 9.17) is 4.74 Å². The zero-order valence-electron chi connectivity index (χ0n) is 17.3. The number of aliphatic hydroxyl groups is 2. The lowest BCUT2D eigenvalue weighted by Crippen LogP contribution is -2.57. The van der Waals surface area contributed by atoms with Crippen LogP contribution in [-0.2, 0) is 9.53 Å². The summed E-state index contributed by atoms with van der Waals surface area (Å²) in [5.41, 5.74) is 1.44. The Balaban J connectivity index is 1.75. The predicted octanol–water partition coefficient (Wildman–Crippen LogP) is 3.85. The van der Waals surface area contributed by atoms with Crippen molar-refractivity contribution in [3.8, 4) is 0 Å². The Morgan fingerprint density at radius 2 is 2.04 bits per heavy atom. The smallest absolute Gasteiger partial charge is 0.302 e. The standard InChI is InChI=1S/C23H36O4/c1-13(24)18-7-8-19-17-6-5-15-11-16(26)9-10-22(15,3)21(17)20(27-14(2)25)12-23(18,19)4/h5,13,16-21,24,26H,6-12H2,1-4H3/t13?,16?,17-,18+,19-,20?,21+,22-,23+/m0/s1. The first-order valence-electron chi connectivity index (χ1n) is 10.9. The van der Waals surface area contributed by atoms with Gasteiger partial charge in [-0.3, -0.25) is 4.79 Å². The predicted molar refractivity (Wildman–Crippen MR) is 104 cm³/mol. The molecule has 0 aromatic rings. The normalized spacial score (nSPS) is 50.1. The molecule has 9 atom stereocenters. The van der Waals surface area contributed by atoms with E-state index in [1.807, 2.05) is 6.92 Å². The quantitative estimate of drug-likeness (QED) is 0.567. The van der Waals surface area contributed by atoms with Gasteiger partial charge in [0.15, 0.2) is 0 Å². The number of esters is 1. The number of carbonyl (C=O) groups is 1. The Morgan fingerprint density at radius 3 is 2.70 bits per heavy atom. The Morgan fingerprint density at radius 1 is 1.30 bits per heavy atom. The summed E-state index contributed by atoms with van der Waals surface area (Å²) in [6.07, 6.45) is 8.47. The van der Waals surface area contributed by atoms with Gasteiger partial charge < -0.3 is 14.9 Å². The van der Waals surface area contributed by atoms with E-state index in [0.717, 1.165) is 38.5 Å². The fraction of sp³-hybridized carbons (Fsp3) is 0.870. The van der Waals surface area contributed by atoms with Crippen molar-refractivity contribution in [3.05, 3.63) is 11.6 Å². The molecule has 4 nitrogen and oxygen atoms in total. The molecule has 0 bridgehead atoms. The second-order valence-electron chi connectivity index (χ2n) is 10.4. The fourth-order valence-electron chi connectivity index (χ4n) is 7.89. The number of ether oxygens (including phenoxy) is 1. The molecule has 152 valence electrons. The van der Waals surface area contributed by atoms with Gasteiger partial charge in [-0.25, -0.2) is 0 Å². The first-order chi connectivity index (χ1) is 12.7. The van der Waals surface area contributed by atoms with E-state index in [9.17, 15) is 15.0 Å². The van der Waals surface area contributed by atoms with E-state index in [-0.39, 0.29) is 41.0 Å². The number of rotatable bonds is 2. The second kappa shape index (κ2) is 6.59. The number of hydrogen-bond donors (Lipinski definition) is 2. The van der Waals surface area contributed by atoms with E-state index in [1.54, 1.807) is 0 Å². The first-order valence-corrected chi connectivity index (χ1v) is 10.9. The number of hydrogen-bond acceptors (Lipinski definition) is 4. The summed E-state index contributed by atoms with van der Waals surface area (Å²) < 4.78 is 5.99. The molecule has 0 spiro atoms. The molecule has 3 saturated carbocycles. The Bertz CT molecular complexity index is 640. The van der Waals surface area contributed by atoms with E-state index in [0.29, 0.717) is 17.8 Å². The van der Waals surface area contributed by atoms with Gasteiger partial charge in [0.1, 0.15) is 6.10 Å². The zero-order valence-corrected chi connectivity index (χ0v) is 17.3. The third-order valence-electron chi connectivity index (χ3n) is 8.96. The molecule has 0 aromatic heterocycles. The van der Waals surface area contributed by atoms with Crippen molar-refractivity contribution in [1.29, 1.82) is 0 Å². The Hall–Kier alpha value is -0.870. The van der Waals surface area contributed by atoms with Gasteiger partial charge >= 0.3 is 5.97 Å². The Labute approximate surface area is 163 Å². The van der Waals surface area contributed by atoms with Crippen LogP contribution in [0.5, 0.6) is 0 Å². The summed E-state index contributed by atoms with van der Waals surface area (Å²) >= 11 is 0. The maximum atomic E-state index is 12.0. The van der Waals surface area contributed by atoms with E-state index >= 15 is 0 Å². The summed E-state index contributed by atoms with van der Waals surface area (Å²) in [6, 6.07) is 0. The molecule has 4 heteroatoms. The zero-order chi connectivity index (χ0) is 19.6. The average molecular weight is 377 g/mol. The van der Waals surface area contributed by atoms with Crippen molar-refractivity contribution in [2.45, 2.75) is 91.0 Å². The van der Waals surface area contributed by atoms with Crippen LogP contribution in [0.3, 0.4) is 0 Å². The van der Waals surface area contributed by atoms with Crippen molar-refractivity contribution in [2.75, 3.05) is 0 Å². The maximum Gasteiger partial charge on any atom is 0.302 e. The second-order valence-corrected chi connectivity index (χ2v) is 10.4. The highest BCUT2D eigenvalue weighted by atomic mass is 16.5. The highest BCUT2D eigenvalue weighted by Gasteiger charge is 2.63. The van der Waals surface area contributed by atoms with Crippen LogP contribution in [0.15, 0.2) is 11.6 Å². The summed E-state index contributed by atoms with van der Waals surface area (Å²) in [4.78, 5) is 12.0. The lowest BCUT2D eigenvalue weighted by Gasteiger charge is -2.60. The van der Waals surface area contributed by atoms with Crippen molar-refractivity contribution >= 4 is 5.97 Å². The van der Waals surface area contributed by atoms with Crippen LogP contribution in [-0.4, -0.2) is 34.5 Å². The van der Waals surface area contributed by atoms with E-state index in [2.05, 4.69) is 19.9 Å². The van der Waals surface area contributed by atoms with Gasteiger partial charge in [0.25, 0.3) is 0 Å². The molecule has 4 rings (SSSR count). The molecule has 2 N–H and O–H groups in total. The van der Waals surface area contributed by atoms with Gasteiger partial charge in [-0.15, -0.1) is 0 Å². The van der Waals surface area contributed by atoms with Crippen molar-refractivity contribution in [1.82, 2.24) is 0 Å². The van der Waals surface area contributed by atoms with Gasteiger partial charge in [0.2, 0.25) is 0 Å². The van der Waals surface area contributed by atoms with Crippen molar-refractivity contribution in [3.63, 3.8) is 0 Å². The van der Waals surface area contributed by atoms with Crippen LogP contribution in [0.1, 0.15) is 72.6 Å². The lowest BCUT2D eigenvalue weighted by atomic mass is 9.46. The minimum absolute atomic E-state index is 0.0203. The first kappa shape index (κ1) is 19.4. The molecule has 0 aliphatic heterocycles. The monoisotopic (exact) mass is 376 g/mol. The van der Waals surface area contributed by atoms with E-state index in [1.165, 1.54) is 18.9 Å². The largest absolute Gasteiger partial charge is 0.462 e. The summed E-state index contributed by atoms with van der Waals surface area (Å²) in [7, 11) is 0. The molecule has 0 aromatic carbocycles. The van der Waals surface area contributed by atoms with Crippen LogP contribution in [0, 0.1) is 34.5 Å². The molecule has 0 radical (unpaired) electrons. The topological polar surface area (TPSA) is 66.8 Å². The molecule has 27 heavy (non-hydrogen) atoms. The van der Waals surface area contributed by atoms with Crippen LogP contribution in [0.25, 0.3) is 0 Å². The molecule has 0 heterocycles. The fourth-order valence-corrected chi connectivity index (χ4v) is 7.89. The average Bonchev–Trinajstić information content (AvgIpc) is 2.91. The third kappa shape index (κ3) is 2.90. The van der Waals surface area contributed by atoms with Gasteiger partial charge in [0.05, 0.1) is 12.2 Å². The summed E-state index contributed by atoms with van der Waals surface area (Å²) in [5.74, 6) is 1.51. The molecular formula is C23H36O4. The molecule has 3 unspecified atom stereocenters. The summed E-state index contributed by atoms with van der Waals surface area (Å²) in [6.45, 7) is 8.13. The van der Waals surface area contributed by atoms with Gasteiger partial charge in [-0.05, 0) is 80.5 Å². The molecule has 4 aliphatic rings. The highest BCUT2D eigenvalue weighted by molar-refractivity contribution is 5.66. The minimum atomic E-state index is -0.315. The molecule has 3 fully saturated rings. The van der Waals surface area contributed by atoms with Gasteiger partial charge in [-0.1, -0.05) is 25.5 Å². The maximum absolute atomic E-state index is 12.0. The van der Waals surface area contributed by atoms with E-state index < -0.39 is 0 Å². The number of allylic oxidation sites excluding steroid dienone is 1. The molecular weight excluding hydrogens is 340 g/mol. The molecule has 4 aliphatic carbocycles. The minimum Gasteiger partial charge on any atom is -0.462 e. The van der Waals surface area contributed by atoms with Crippen molar-refractivity contribution in [2.24, 2.45) is 34.5 Å². The highest BCUT2D eigenvalue weighted by Crippen LogP contribution is 2.67. The number of carbonyl (C=O) groups excluding carboxylic acids is 1. The lowest BCUT2D eigenvalue weighted by molar-refractivity contribution is -0.176. The van der Waals surface area contributed by atoms with Crippen LogP contribution in [0.2, 0.25) is 0 Å². The molecule has 0 saturated heterocycles. The van der Waals surface area contributed by atoms with Gasteiger partial charge in [0, 0.05) is 12.8 Å². The third-order valence-corrected chi connectivity index (χ3v) is 8.96. The Kier molecular flexibility index (Phi) is 4.74. The van der Waals surface area contributed by atoms with Crippen LogP contribution < -0.4 is 0 Å². The van der Waals surface area contributed by atoms with Gasteiger partial charge in [-0.2, -0.15) is 0 Å².